The molecule has 3 unspecified atom stereocenters. The third kappa shape index (κ3) is 2.08. The van der Waals surface area contributed by atoms with E-state index >= 15 is 0 Å². The van der Waals surface area contributed by atoms with E-state index in [-0.39, 0.29) is 12.1 Å². The Morgan fingerprint density at radius 3 is 3.00 bits per heavy atom. The van der Waals surface area contributed by atoms with Crippen LogP contribution in [0.1, 0.15) is 6.42 Å². The van der Waals surface area contributed by atoms with E-state index in [1.807, 2.05) is 0 Å². The molecular weight excluding hydrogens is 182 g/mol. The summed E-state index contributed by atoms with van der Waals surface area (Å²) in [5, 5.41) is 9.67. The summed E-state index contributed by atoms with van der Waals surface area (Å²) in [5.41, 5.74) is 0. The minimum absolute atomic E-state index is 0.219. The zero-order chi connectivity index (χ0) is 9.97. The molecule has 0 aliphatic carbocycles. The first-order valence-corrected chi connectivity index (χ1v) is 5.30. The summed E-state index contributed by atoms with van der Waals surface area (Å²) in [6.07, 6.45) is 0.883. The second-order valence-electron chi connectivity index (χ2n) is 4.28. The van der Waals surface area contributed by atoms with E-state index in [0.29, 0.717) is 19.1 Å². The molecule has 0 radical (unpaired) electrons. The summed E-state index contributed by atoms with van der Waals surface area (Å²) < 4.78 is 10.4. The topological polar surface area (TPSA) is 41.9 Å². The molecule has 2 rings (SSSR count). The largest absolute Gasteiger partial charge is 0.389 e. The maximum absolute atomic E-state index is 9.67. The van der Waals surface area contributed by atoms with Gasteiger partial charge in [0.25, 0.3) is 0 Å². The predicted molar refractivity (Wildman–Crippen MR) is 52.2 cm³/mol. The molecule has 0 aromatic heterocycles. The Hall–Kier alpha value is -0.160. The number of hydrogen-bond donors (Lipinski definition) is 1. The molecule has 2 saturated heterocycles. The number of likely N-dealkylation sites (tertiary alicyclic amines) is 1. The van der Waals surface area contributed by atoms with E-state index in [2.05, 4.69) is 4.90 Å². The van der Waals surface area contributed by atoms with E-state index in [9.17, 15) is 5.11 Å². The van der Waals surface area contributed by atoms with E-state index in [1.54, 1.807) is 7.11 Å². The summed E-state index contributed by atoms with van der Waals surface area (Å²) in [5.74, 6) is 0.632. The number of aliphatic hydroxyl groups is 1. The highest BCUT2D eigenvalue weighted by Crippen LogP contribution is 2.22. The minimum Gasteiger partial charge on any atom is -0.389 e. The zero-order valence-electron chi connectivity index (χ0n) is 8.69. The van der Waals surface area contributed by atoms with Gasteiger partial charge in [-0.3, -0.25) is 4.90 Å². The van der Waals surface area contributed by atoms with E-state index < -0.39 is 0 Å². The Kier molecular flexibility index (Phi) is 3.38. The van der Waals surface area contributed by atoms with E-state index in [4.69, 9.17) is 9.47 Å². The summed E-state index contributed by atoms with van der Waals surface area (Å²) in [7, 11) is 1.75. The number of nitrogens with zero attached hydrogens (tertiary/aromatic N) is 1. The van der Waals surface area contributed by atoms with Crippen LogP contribution >= 0.6 is 0 Å². The predicted octanol–water partition coefficient (Wildman–Crippen LogP) is -0.286. The second kappa shape index (κ2) is 4.57. The van der Waals surface area contributed by atoms with Crippen molar-refractivity contribution >= 4 is 0 Å². The molecule has 0 saturated carbocycles. The molecule has 0 aromatic carbocycles. The van der Waals surface area contributed by atoms with Crippen LogP contribution in [-0.4, -0.2) is 62.2 Å². The third-order valence-corrected chi connectivity index (χ3v) is 3.21. The van der Waals surface area contributed by atoms with Crippen LogP contribution in [0, 0.1) is 5.92 Å². The molecule has 0 bridgehead atoms. The van der Waals surface area contributed by atoms with Crippen molar-refractivity contribution in [3.8, 4) is 0 Å². The van der Waals surface area contributed by atoms with Crippen LogP contribution in [0.5, 0.6) is 0 Å². The van der Waals surface area contributed by atoms with Crippen molar-refractivity contribution in [2.75, 3.05) is 40.0 Å². The standard InChI is InChI=1S/C10H19NO3/c1-13-5-8-2-3-11(4-8)9-6-14-7-10(9)12/h8-10,12H,2-7H2,1H3. The molecule has 4 nitrogen and oxygen atoms in total. The average molecular weight is 201 g/mol. The van der Waals surface area contributed by atoms with Gasteiger partial charge >= 0.3 is 0 Å². The molecule has 1 N–H and O–H groups in total. The third-order valence-electron chi connectivity index (χ3n) is 3.21. The fraction of sp³-hybridized carbons (Fsp3) is 1.00. The van der Waals surface area contributed by atoms with Gasteiger partial charge in [-0.05, 0) is 18.9 Å². The van der Waals surface area contributed by atoms with Crippen LogP contribution in [-0.2, 0) is 9.47 Å². The summed E-state index contributed by atoms with van der Waals surface area (Å²) in [6, 6.07) is 0.219. The summed E-state index contributed by atoms with van der Waals surface area (Å²) >= 11 is 0. The lowest BCUT2D eigenvalue weighted by Gasteiger charge is -2.24. The van der Waals surface area contributed by atoms with E-state index in [0.717, 1.165) is 19.7 Å². The SMILES string of the molecule is COCC1CCN(C2COCC2O)C1. The molecular formula is C10H19NO3. The first-order valence-electron chi connectivity index (χ1n) is 5.30. The second-order valence-corrected chi connectivity index (χ2v) is 4.28. The first kappa shape index (κ1) is 10.4. The summed E-state index contributed by atoms with van der Waals surface area (Å²) in [6.45, 7) is 4.12. The van der Waals surface area contributed by atoms with Crippen molar-refractivity contribution < 1.29 is 14.6 Å². The zero-order valence-corrected chi connectivity index (χ0v) is 8.69. The molecule has 4 heteroatoms. The van der Waals surface area contributed by atoms with Crippen LogP contribution in [0.15, 0.2) is 0 Å². The van der Waals surface area contributed by atoms with Crippen molar-refractivity contribution in [3.63, 3.8) is 0 Å². The maximum Gasteiger partial charge on any atom is 0.0950 e. The van der Waals surface area contributed by atoms with Gasteiger partial charge in [-0.1, -0.05) is 0 Å². The number of aliphatic hydroxyl groups excluding tert-OH is 1. The number of rotatable bonds is 3. The monoisotopic (exact) mass is 201 g/mol. The Morgan fingerprint density at radius 2 is 2.36 bits per heavy atom. The van der Waals surface area contributed by atoms with Gasteiger partial charge in [0.15, 0.2) is 0 Å². The lowest BCUT2D eigenvalue weighted by Crippen LogP contribution is -2.41. The fourth-order valence-corrected chi connectivity index (χ4v) is 2.42. The van der Waals surface area contributed by atoms with Gasteiger partial charge in [0.1, 0.15) is 0 Å². The van der Waals surface area contributed by atoms with Crippen LogP contribution in [0.4, 0.5) is 0 Å². The Morgan fingerprint density at radius 1 is 1.50 bits per heavy atom. The molecule has 2 aliphatic rings. The maximum atomic E-state index is 9.67. The first-order chi connectivity index (χ1) is 6.81. The molecule has 2 fully saturated rings. The average Bonchev–Trinajstić information content (AvgIpc) is 2.74. The molecule has 0 spiro atoms. The molecule has 82 valence electrons. The van der Waals surface area contributed by atoms with Crippen LogP contribution in [0.25, 0.3) is 0 Å². The highest BCUT2D eigenvalue weighted by Gasteiger charge is 2.35. The van der Waals surface area contributed by atoms with Gasteiger partial charge < -0.3 is 14.6 Å². The van der Waals surface area contributed by atoms with Gasteiger partial charge in [-0.25, -0.2) is 0 Å². The lowest BCUT2D eigenvalue weighted by atomic mass is 10.1. The van der Waals surface area contributed by atoms with Gasteiger partial charge in [0.2, 0.25) is 0 Å². The normalized spacial score (nSPS) is 39.4. The molecule has 14 heavy (non-hydrogen) atoms. The molecule has 3 atom stereocenters. The Bertz CT molecular complexity index is 188. The fourth-order valence-electron chi connectivity index (χ4n) is 2.42. The molecule has 0 amide bonds. The number of ether oxygens (including phenoxy) is 2. The van der Waals surface area contributed by atoms with Gasteiger partial charge in [-0.15, -0.1) is 0 Å². The molecule has 0 aromatic rings. The Balaban J connectivity index is 1.82. The molecule has 2 aliphatic heterocycles. The van der Waals surface area contributed by atoms with Gasteiger partial charge in [0.05, 0.1) is 32.0 Å². The summed E-state index contributed by atoms with van der Waals surface area (Å²) in [4.78, 5) is 2.33. The van der Waals surface area contributed by atoms with Crippen LogP contribution < -0.4 is 0 Å². The quantitative estimate of drug-likeness (QED) is 0.681. The number of hydrogen-bond acceptors (Lipinski definition) is 4. The lowest BCUT2D eigenvalue weighted by molar-refractivity contribution is 0.0880. The van der Waals surface area contributed by atoms with Crippen molar-refractivity contribution in [1.82, 2.24) is 4.90 Å². The molecule has 2 heterocycles. The van der Waals surface area contributed by atoms with Gasteiger partial charge in [0, 0.05) is 13.7 Å². The van der Waals surface area contributed by atoms with Crippen LogP contribution in [0.3, 0.4) is 0 Å². The van der Waals surface area contributed by atoms with Crippen molar-refractivity contribution in [3.05, 3.63) is 0 Å². The van der Waals surface area contributed by atoms with Crippen molar-refractivity contribution in [2.24, 2.45) is 5.92 Å². The highest BCUT2D eigenvalue weighted by molar-refractivity contribution is 4.88. The Labute approximate surface area is 84.8 Å². The van der Waals surface area contributed by atoms with Crippen molar-refractivity contribution in [2.45, 2.75) is 18.6 Å². The van der Waals surface area contributed by atoms with Crippen LogP contribution in [0.2, 0.25) is 0 Å². The number of methoxy groups -OCH3 is 1. The minimum atomic E-state index is -0.295. The smallest absolute Gasteiger partial charge is 0.0950 e. The van der Waals surface area contributed by atoms with Gasteiger partial charge in [-0.2, -0.15) is 0 Å². The van der Waals surface area contributed by atoms with E-state index in [1.165, 1.54) is 6.42 Å². The highest BCUT2D eigenvalue weighted by atomic mass is 16.5. The van der Waals surface area contributed by atoms with Crippen molar-refractivity contribution in [1.29, 1.82) is 0 Å².